The molecule has 118 valence electrons. The van der Waals surface area contributed by atoms with Crippen molar-refractivity contribution in [1.29, 1.82) is 0 Å². The van der Waals surface area contributed by atoms with E-state index in [2.05, 4.69) is 25.9 Å². The number of nitrogens with two attached hydrogens (primary N) is 2. The van der Waals surface area contributed by atoms with Crippen LogP contribution < -0.4 is 16.8 Å². The minimum absolute atomic E-state index is 0.353. The van der Waals surface area contributed by atoms with E-state index >= 15 is 0 Å². The SMILES string of the molecule is Cc1nccn1Cc1cc(N)nc(N[C@H]2CC[C@H](N)CC2)c1. The van der Waals surface area contributed by atoms with Gasteiger partial charge in [0.15, 0.2) is 0 Å². The number of nitrogens with one attached hydrogen (secondary N) is 1. The fourth-order valence-corrected chi connectivity index (χ4v) is 3.02. The average Bonchev–Trinajstić information content (AvgIpc) is 2.86. The van der Waals surface area contributed by atoms with E-state index in [1.165, 1.54) is 0 Å². The molecule has 2 aromatic heterocycles. The predicted molar refractivity (Wildman–Crippen MR) is 88.6 cm³/mol. The molecule has 1 aliphatic rings. The van der Waals surface area contributed by atoms with Crippen LogP contribution in [0.25, 0.3) is 0 Å². The lowest BCUT2D eigenvalue weighted by Crippen LogP contribution is -2.33. The van der Waals surface area contributed by atoms with E-state index in [-0.39, 0.29) is 0 Å². The van der Waals surface area contributed by atoms with E-state index in [4.69, 9.17) is 11.5 Å². The maximum atomic E-state index is 5.96. The van der Waals surface area contributed by atoms with E-state index in [9.17, 15) is 0 Å². The van der Waals surface area contributed by atoms with Crippen molar-refractivity contribution in [2.24, 2.45) is 5.73 Å². The Morgan fingerprint density at radius 2 is 2.05 bits per heavy atom. The van der Waals surface area contributed by atoms with Crippen molar-refractivity contribution in [1.82, 2.24) is 14.5 Å². The molecule has 5 N–H and O–H groups in total. The molecule has 0 bridgehead atoms. The molecule has 3 rings (SSSR count). The number of nitrogens with zero attached hydrogens (tertiary/aromatic N) is 3. The molecule has 0 saturated heterocycles. The molecule has 0 amide bonds. The van der Waals surface area contributed by atoms with Gasteiger partial charge in [0.2, 0.25) is 0 Å². The summed E-state index contributed by atoms with van der Waals surface area (Å²) in [5.41, 5.74) is 13.0. The van der Waals surface area contributed by atoms with Crippen LogP contribution in [0, 0.1) is 6.92 Å². The number of aromatic nitrogens is 3. The number of nitrogen functional groups attached to an aromatic ring is 1. The topological polar surface area (TPSA) is 94.8 Å². The summed E-state index contributed by atoms with van der Waals surface area (Å²) in [5, 5.41) is 3.51. The van der Waals surface area contributed by atoms with Crippen LogP contribution in [0.1, 0.15) is 37.1 Å². The smallest absolute Gasteiger partial charge is 0.128 e. The van der Waals surface area contributed by atoms with Crippen LogP contribution in [0.4, 0.5) is 11.6 Å². The summed E-state index contributed by atoms with van der Waals surface area (Å²) < 4.78 is 2.10. The van der Waals surface area contributed by atoms with Crippen molar-refractivity contribution >= 4 is 11.6 Å². The number of hydrogen-bond acceptors (Lipinski definition) is 5. The lowest BCUT2D eigenvalue weighted by atomic mass is 9.92. The fraction of sp³-hybridized carbons (Fsp3) is 0.500. The second-order valence-corrected chi connectivity index (χ2v) is 6.14. The third-order valence-corrected chi connectivity index (χ3v) is 4.31. The van der Waals surface area contributed by atoms with Crippen molar-refractivity contribution in [2.45, 2.75) is 51.2 Å². The van der Waals surface area contributed by atoms with Gasteiger partial charge >= 0.3 is 0 Å². The number of hydrogen-bond donors (Lipinski definition) is 3. The van der Waals surface area contributed by atoms with Crippen LogP contribution in [-0.2, 0) is 6.54 Å². The van der Waals surface area contributed by atoms with Gasteiger partial charge in [-0.15, -0.1) is 0 Å². The molecule has 0 atom stereocenters. The lowest BCUT2D eigenvalue weighted by Gasteiger charge is -2.27. The van der Waals surface area contributed by atoms with Gasteiger partial charge in [0, 0.05) is 31.0 Å². The van der Waals surface area contributed by atoms with E-state index in [0.29, 0.717) is 17.9 Å². The van der Waals surface area contributed by atoms with E-state index < -0.39 is 0 Å². The lowest BCUT2D eigenvalue weighted by molar-refractivity contribution is 0.410. The van der Waals surface area contributed by atoms with Gasteiger partial charge in [-0.05, 0) is 50.3 Å². The van der Waals surface area contributed by atoms with Crippen LogP contribution in [0.3, 0.4) is 0 Å². The van der Waals surface area contributed by atoms with Gasteiger partial charge in [0.1, 0.15) is 17.5 Å². The summed E-state index contributed by atoms with van der Waals surface area (Å²) in [7, 11) is 0. The molecule has 1 fully saturated rings. The van der Waals surface area contributed by atoms with Gasteiger partial charge in [-0.3, -0.25) is 0 Å². The highest BCUT2D eigenvalue weighted by Gasteiger charge is 2.18. The number of anilines is 2. The number of aryl methyl sites for hydroxylation is 1. The summed E-state index contributed by atoms with van der Waals surface area (Å²) >= 11 is 0. The van der Waals surface area contributed by atoms with Gasteiger partial charge in [0.05, 0.1) is 0 Å². The normalized spacial score (nSPS) is 21.7. The van der Waals surface area contributed by atoms with E-state index in [0.717, 1.165) is 49.4 Å². The first-order chi connectivity index (χ1) is 10.6. The van der Waals surface area contributed by atoms with Gasteiger partial charge < -0.3 is 21.4 Å². The Labute approximate surface area is 130 Å². The number of rotatable bonds is 4. The van der Waals surface area contributed by atoms with Gasteiger partial charge in [-0.1, -0.05) is 0 Å². The number of imidazole rings is 1. The highest BCUT2D eigenvalue weighted by molar-refractivity contribution is 5.47. The molecule has 0 spiro atoms. The summed E-state index contributed by atoms with van der Waals surface area (Å²) in [6.45, 7) is 2.75. The van der Waals surface area contributed by atoms with E-state index in [1.807, 2.05) is 25.4 Å². The Bertz CT molecular complexity index is 627. The van der Waals surface area contributed by atoms with Crippen LogP contribution in [0.15, 0.2) is 24.5 Å². The van der Waals surface area contributed by atoms with Crippen molar-refractivity contribution in [2.75, 3.05) is 11.1 Å². The van der Waals surface area contributed by atoms with Crippen molar-refractivity contribution in [3.63, 3.8) is 0 Å². The monoisotopic (exact) mass is 300 g/mol. The first-order valence-electron chi connectivity index (χ1n) is 7.86. The predicted octanol–water partition coefficient (Wildman–Crippen LogP) is 1.90. The van der Waals surface area contributed by atoms with Crippen molar-refractivity contribution in [3.8, 4) is 0 Å². The maximum absolute atomic E-state index is 5.96. The van der Waals surface area contributed by atoms with Crippen molar-refractivity contribution in [3.05, 3.63) is 35.9 Å². The molecule has 0 radical (unpaired) electrons. The summed E-state index contributed by atoms with van der Waals surface area (Å²) in [4.78, 5) is 8.66. The first kappa shape index (κ1) is 14.8. The van der Waals surface area contributed by atoms with Crippen LogP contribution >= 0.6 is 0 Å². The minimum atomic E-state index is 0.353. The second kappa shape index (κ2) is 6.36. The van der Waals surface area contributed by atoms with Gasteiger partial charge in [0.25, 0.3) is 0 Å². The molecule has 0 aliphatic heterocycles. The zero-order valence-corrected chi connectivity index (χ0v) is 13.0. The zero-order chi connectivity index (χ0) is 15.5. The van der Waals surface area contributed by atoms with Crippen molar-refractivity contribution < 1.29 is 0 Å². The summed E-state index contributed by atoms with van der Waals surface area (Å²) in [6.07, 6.45) is 8.11. The highest BCUT2D eigenvalue weighted by atomic mass is 15.1. The van der Waals surface area contributed by atoms with Crippen LogP contribution in [0.2, 0.25) is 0 Å². The Hall–Kier alpha value is -2.08. The highest BCUT2D eigenvalue weighted by Crippen LogP contribution is 2.22. The molecule has 1 aliphatic carbocycles. The average molecular weight is 300 g/mol. The number of pyridine rings is 1. The Morgan fingerprint density at radius 1 is 1.27 bits per heavy atom. The second-order valence-electron chi connectivity index (χ2n) is 6.14. The molecule has 0 unspecified atom stereocenters. The third kappa shape index (κ3) is 3.57. The molecular formula is C16H24N6. The van der Waals surface area contributed by atoms with Gasteiger partial charge in [-0.2, -0.15) is 0 Å². The minimum Gasteiger partial charge on any atom is -0.384 e. The standard InChI is InChI=1S/C16H24N6/c1-11-19-6-7-22(11)10-12-8-15(18)21-16(9-12)20-14-4-2-13(17)3-5-14/h6-9,13-14H,2-5,10,17H2,1H3,(H3,18,20,21)/t13-,14-. The third-order valence-electron chi connectivity index (χ3n) is 4.31. The molecule has 6 nitrogen and oxygen atoms in total. The summed E-state index contributed by atoms with van der Waals surface area (Å²) in [6, 6.07) is 4.79. The van der Waals surface area contributed by atoms with Gasteiger partial charge in [-0.25, -0.2) is 9.97 Å². The zero-order valence-electron chi connectivity index (χ0n) is 13.0. The Balaban J connectivity index is 1.71. The molecule has 1 saturated carbocycles. The van der Waals surface area contributed by atoms with E-state index in [1.54, 1.807) is 0 Å². The van der Waals surface area contributed by atoms with Crippen LogP contribution in [-0.4, -0.2) is 26.6 Å². The summed E-state index contributed by atoms with van der Waals surface area (Å²) in [5.74, 6) is 2.39. The molecule has 2 aromatic rings. The molecule has 0 aromatic carbocycles. The maximum Gasteiger partial charge on any atom is 0.128 e. The quantitative estimate of drug-likeness (QED) is 0.801. The Kier molecular flexibility index (Phi) is 4.29. The first-order valence-corrected chi connectivity index (χ1v) is 7.86. The molecule has 22 heavy (non-hydrogen) atoms. The molecular weight excluding hydrogens is 276 g/mol. The molecule has 2 heterocycles. The molecule has 6 heteroatoms. The largest absolute Gasteiger partial charge is 0.384 e. The Morgan fingerprint density at radius 3 is 2.73 bits per heavy atom. The van der Waals surface area contributed by atoms with Crippen LogP contribution in [0.5, 0.6) is 0 Å². The fourth-order valence-electron chi connectivity index (χ4n) is 3.02.